The first-order valence-electron chi connectivity index (χ1n) is 8.40. The third-order valence-corrected chi connectivity index (χ3v) is 4.78. The maximum atomic E-state index is 12.6. The van der Waals surface area contributed by atoms with Crippen LogP contribution in [0, 0.1) is 0 Å². The van der Waals surface area contributed by atoms with Gasteiger partial charge >= 0.3 is 0 Å². The number of amides is 1. The summed E-state index contributed by atoms with van der Waals surface area (Å²) in [5, 5.41) is 9.39. The zero-order valence-corrected chi connectivity index (χ0v) is 14.3. The second-order valence-corrected chi connectivity index (χ2v) is 6.60. The van der Waals surface area contributed by atoms with E-state index in [-0.39, 0.29) is 5.91 Å². The third-order valence-electron chi connectivity index (χ3n) is 4.78. The molecule has 1 N–H and O–H groups in total. The molecular weight excluding hydrogens is 300 g/mol. The lowest BCUT2D eigenvalue weighted by molar-refractivity contribution is 0.0713. The molecule has 4 heteroatoms. The Morgan fingerprint density at radius 3 is 2.12 bits per heavy atom. The number of benzene rings is 2. The summed E-state index contributed by atoms with van der Waals surface area (Å²) < 4.78 is 0. The molecule has 0 aromatic heterocycles. The molecule has 2 aromatic rings. The van der Waals surface area contributed by atoms with Crippen molar-refractivity contribution in [3.05, 3.63) is 59.7 Å². The maximum Gasteiger partial charge on any atom is 0.253 e. The van der Waals surface area contributed by atoms with Crippen LogP contribution >= 0.6 is 0 Å². The Balaban J connectivity index is 1.61. The van der Waals surface area contributed by atoms with Crippen molar-refractivity contribution in [3.8, 4) is 5.75 Å². The van der Waals surface area contributed by atoms with Crippen molar-refractivity contribution in [3.63, 3.8) is 0 Å². The lowest BCUT2D eigenvalue weighted by atomic mass is 9.89. The monoisotopic (exact) mass is 324 g/mol. The first-order chi connectivity index (χ1) is 11.5. The number of hydrogen-bond donors (Lipinski definition) is 1. The average Bonchev–Trinajstić information content (AvgIpc) is 2.62. The molecule has 1 amide bonds. The summed E-state index contributed by atoms with van der Waals surface area (Å²) in [5.41, 5.74) is 3.09. The molecule has 3 rings (SSSR count). The molecule has 0 spiro atoms. The van der Waals surface area contributed by atoms with Crippen LogP contribution in [0.1, 0.15) is 34.7 Å². The molecule has 1 saturated heterocycles. The molecule has 4 nitrogen and oxygen atoms in total. The van der Waals surface area contributed by atoms with Crippen LogP contribution in [0.3, 0.4) is 0 Å². The molecule has 126 valence electrons. The van der Waals surface area contributed by atoms with E-state index < -0.39 is 0 Å². The highest BCUT2D eigenvalue weighted by molar-refractivity contribution is 5.94. The zero-order chi connectivity index (χ0) is 17.1. The number of piperidine rings is 1. The Kier molecular flexibility index (Phi) is 4.74. The molecule has 24 heavy (non-hydrogen) atoms. The van der Waals surface area contributed by atoms with E-state index >= 15 is 0 Å². The highest BCUT2D eigenvalue weighted by Gasteiger charge is 2.24. The number of phenolic OH excluding ortho intramolecular Hbond substituents is 1. The molecule has 0 atom stereocenters. The molecule has 0 bridgehead atoms. The van der Waals surface area contributed by atoms with Crippen LogP contribution in [0.4, 0.5) is 5.69 Å². The minimum absolute atomic E-state index is 0.115. The second kappa shape index (κ2) is 6.95. The normalized spacial score (nSPS) is 15.3. The van der Waals surface area contributed by atoms with E-state index in [1.54, 1.807) is 12.1 Å². The zero-order valence-electron chi connectivity index (χ0n) is 14.3. The lowest BCUT2D eigenvalue weighted by Crippen LogP contribution is -2.37. The molecule has 0 saturated carbocycles. The molecule has 1 aliphatic rings. The van der Waals surface area contributed by atoms with E-state index in [2.05, 4.69) is 0 Å². The molecule has 0 aliphatic carbocycles. The van der Waals surface area contributed by atoms with Gasteiger partial charge in [-0.05, 0) is 60.7 Å². The SMILES string of the molecule is CN(C)c1ccc(C(=O)N2CCC(c3ccc(O)cc3)CC2)cc1. The van der Waals surface area contributed by atoms with Crippen LogP contribution in [-0.2, 0) is 0 Å². The minimum atomic E-state index is 0.115. The van der Waals surface area contributed by atoms with Crippen molar-refractivity contribution in [1.29, 1.82) is 0 Å². The molecule has 2 aromatic carbocycles. The topological polar surface area (TPSA) is 43.8 Å². The lowest BCUT2D eigenvalue weighted by Gasteiger charge is -2.32. The average molecular weight is 324 g/mol. The quantitative estimate of drug-likeness (QED) is 0.940. The van der Waals surface area contributed by atoms with Gasteiger partial charge in [0.25, 0.3) is 5.91 Å². The van der Waals surface area contributed by atoms with Gasteiger partial charge in [-0.3, -0.25) is 4.79 Å². The fraction of sp³-hybridized carbons (Fsp3) is 0.350. The predicted molar refractivity (Wildman–Crippen MR) is 96.8 cm³/mol. The summed E-state index contributed by atoms with van der Waals surface area (Å²) in [6, 6.07) is 15.2. The fourth-order valence-corrected chi connectivity index (χ4v) is 3.25. The van der Waals surface area contributed by atoms with Gasteiger partial charge in [0, 0.05) is 38.4 Å². The highest BCUT2D eigenvalue weighted by atomic mass is 16.3. The van der Waals surface area contributed by atoms with Crippen molar-refractivity contribution in [2.75, 3.05) is 32.1 Å². The number of likely N-dealkylation sites (tertiary alicyclic amines) is 1. The Bertz CT molecular complexity index is 685. The van der Waals surface area contributed by atoms with E-state index in [9.17, 15) is 9.90 Å². The molecule has 1 aliphatic heterocycles. The summed E-state index contributed by atoms with van der Waals surface area (Å²) in [6.07, 6.45) is 1.93. The summed E-state index contributed by atoms with van der Waals surface area (Å²) in [4.78, 5) is 16.6. The smallest absolute Gasteiger partial charge is 0.253 e. The van der Waals surface area contributed by atoms with Crippen molar-refractivity contribution in [1.82, 2.24) is 4.90 Å². The number of carbonyl (C=O) groups is 1. The van der Waals surface area contributed by atoms with E-state index in [0.29, 0.717) is 11.7 Å². The first kappa shape index (κ1) is 16.4. The highest BCUT2D eigenvalue weighted by Crippen LogP contribution is 2.29. The molecule has 1 heterocycles. The molecular formula is C20H24N2O2. The maximum absolute atomic E-state index is 12.6. The largest absolute Gasteiger partial charge is 0.508 e. The molecule has 0 radical (unpaired) electrons. The number of anilines is 1. The third kappa shape index (κ3) is 3.53. The number of aromatic hydroxyl groups is 1. The van der Waals surface area contributed by atoms with E-state index in [4.69, 9.17) is 0 Å². The van der Waals surface area contributed by atoms with Gasteiger partial charge in [0.15, 0.2) is 0 Å². The van der Waals surface area contributed by atoms with E-state index in [1.165, 1.54) is 5.56 Å². The van der Waals surface area contributed by atoms with Crippen LogP contribution in [0.2, 0.25) is 0 Å². The summed E-state index contributed by atoms with van der Waals surface area (Å²) in [7, 11) is 3.98. The summed E-state index contributed by atoms with van der Waals surface area (Å²) in [6.45, 7) is 1.56. The Morgan fingerprint density at radius 2 is 1.58 bits per heavy atom. The second-order valence-electron chi connectivity index (χ2n) is 6.60. The van der Waals surface area contributed by atoms with Gasteiger partial charge in [0.2, 0.25) is 0 Å². The van der Waals surface area contributed by atoms with Crippen LogP contribution in [0.25, 0.3) is 0 Å². The Labute approximate surface area is 143 Å². The summed E-state index contributed by atoms with van der Waals surface area (Å²) in [5.74, 6) is 0.878. The number of nitrogens with zero attached hydrogens (tertiary/aromatic N) is 2. The van der Waals surface area contributed by atoms with Crippen LogP contribution in [0.15, 0.2) is 48.5 Å². The molecule has 0 unspecified atom stereocenters. The van der Waals surface area contributed by atoms with Gasteiger partial charge in [0.1, 0.15) is 5.75 Å². The van der Waals surface area contributed by atoms with E-state index in [1.807, 2.05) is 60.3 Å². The first-order valence-corrected chi connectivity index (χ1v) is 8.40. The minimum Gasteiger partial charge on any atom is -0.508 e. The van der Waals surface area contributed by atoms with Crippen molar-refractivity contribution >= 4 is 11.6 Å². The Hall–Kier alpha value is -2.49. The predicted octanol–water partition coefficient (Wildman–Crippen LogP) is 3.48. The van der Waals surface area contributed by atoms with Crippen molar-refractivity contribution in [2.45, 2.75) is 18.8 Å². The van der Waals surface area contributed by atoms with Crippen LogP contribution in [-0.4, -0.2) is 43.1 Å². The van der Waals surface area contributed by atoms with Crippen molar-refractivity contribution in [2.24, 2.45) is 0 Å². The van der Waals surface area contributed by atoms with Gasteiger partial charge in [-0.15, -0.1) is 0 Å². The number of carbonyl (C=O) groups excluding carboxylic acids is 1. The fourth-order valence-electron chi connectivity index (χ4n) is 3.25. The van der Waals surface area contributed by atoms with Gasteiger partial charge in [-0.2, -0.15) is 0 Å². The van der Waals surface area contributed by atoms with Crippen molar-refractivity contribution < 1.29 is 9.90 Å². The Morgan fingerprint density at radius 1 is 1.00 bits per heavy atom. The van der Waals surface area contributed by atoms with Gasteiger partial charge < -0.3 is 14.9 Å². The number of phenols is 1. The number of rotatable bonds is 3. The van der Waals surface area contributed by atoms with E-state index in [0.717, 1.165) is 37.2 Å². The van der Waals surface area contributed by atoms with Gasteiger partial charge in [-0.1, -0.05) is 12.1 Å². The standard InChI is InChI=1S/C20H24N2O2/c1-21(2)18-7-3-17(4-8-18)20(24)22-13-11-16(12-14-22)15-5-9-19(23)10-6-15/h3-10,16,23H,11-14H2,1-2H3. The molecule has 1 fully saturated rings. The summed E-state index contributed by atoms with van der Waals surface area (Å²) >= 11 is 0. The van der Waals surface area contributed by atoms with Crippen LogP contribution in [0.5, 0.6) is 5.75 Å². The number of hydrogen-bond acceptors (Lipinski definition) is 3. The van der Waals surface area contributed by atoms with Gasteiger partial charge in [0.05, 0.1) is 0 Å². The van der Waals surface area contributed by atoms with Gasteiger partial charge in [-0.25, -0.2) is 0 Å². The van der Waals surface area contributed by atoms with Crippen LogP contribution < -0.4 is 4.90 Å².